The average molecular weight is 415 g/mol. The summed E-state index contributed by atoms with van der Waals surface area (Å²) in [4.78, 5) is 20.6. The smallest absolute Gasteiger partial charge is 0.271 e. The van der Waals surface area contributed by atoms with E-state index in [2.05, 4.69) is 10.5 Å². The quantitative estimate of drug-likeness (QED) is 0.388. The highest BCUT2D eigenvalue weighted by atomic mass is 35.5. The Morgan fingerprint density at radius 2 is 1.88 bits per heavy atom. The molecule has 11 heteroatoms. The number of nitro benzene ring substituents is 2. The van der Waals surface area contributed by atoms with Crippen LogP contribution in [-0.2, 0) is 0 Å². The molecule has 0 amide bonds. The van der Waals surface area contributed by atoms with Crippen LogP contribution in [-0.4, -0.2) is 27.6 Å². The molecule has 2 aromatic rings. The second kappa shape index (κ2) is 8.84. The van der Waals surface area contributed by atoms with Gasteiger partial charge in [-0.3, -0.25) is 25.7 Å². The van der Waals surface area contributed by atoms with Crippen LogP contribution in [0.1, 0.15) is 5.56 Å². The number of hydrogen-bond donors (Lipinski definition) is 1. The van der Waals surface area contributed by atoms with Crippen molar-refractivity contribution in [1.82, 2.24) is 0 Å². The van der Waals surface area contributed by atoms with Gasteiger partial charge in [-0.2, -0.15) is 16.9 Å². The van der Waals surface area contributed by atoms with Crippen LogP contribution in [0.4, 0.5) is 17.1 Å². The van der Waals surface area contributed by atoms with Crippen molar-refractivity contribution in [2.45, 2.75) is 0 Å². The SMILES string of the molecule is CSCC(=NNc1ccc([N+](=O)[O-])cc1[N+](=O)[O-])c1ccc(Cl)cc1Cl. The van der Waals surface area contributed by atoms with Crippen LogP contribution in [0.15, 0.2) is 41.5 Å². The first-order chi connectivity index (χ1) is 12.3. The van der Waals surface area contributed by atoms with Crippen LogP contribution in [0.2, 0.25) is 10.0 Å². The van der Waals surface area contributed by atoms with Gasteiger partial charge < -0.3 is 0 Å². The van der Waals surface area contributed by atoms with E-state index in [0.717, 1.165) is 12.1 Å². The summed E-state index contributed by atoms with van der Waals surface area (Å²) in [6.07, 6.45) is 1.87. The van der Waals surface area contributed by atoms with Crippen LogP contribution in [0.5, 0.6) is 0 Å². The van der Waals surface area contributed by atoms with Gasteiger partial charge in [-0.05, 0) is 24.5 Å². The fraction of sp³-hybridized carbons (Fsp3) is 0.133. The van der Waals surface area contributed by atoms with E-state index in [1.165, 1.54) is 17.8 Å². The monoisotopic (exact) mass is 414 g/mol. The zero-order valence-corrected chi connectivity index (χ0v) is 15.6. The van der Waals surface area contributed by atoms with Gasteiger partial charge in [0.1, 0.15) is 5.69 Å². The summed E-state index contributed by atoms with van der Waals surface area (Å²) in [6.45, 7) is 0. The van der Waals surface area contributed by atoms with E-state index in [1.54, 1.807) is 18.2 Å². The Morgan fingerprint density at radius 1 is 1.15 bits per heavy atom. The maximum absolute atomic E-state index is 11.2. The molecule has 0 aliphatic carbocycles. The molecule has 0 aliphatic heterocycles. The molecule has 0 saturated carbocycles. The minimum Gasteiger partial charge on any atom is -0.271 e. The third-order valence-corrected chi connectivity index (χ3v) is 4.33. The predicted octanol–water partition coefficient (Wildman–Crippen LogP) is 4.99. The Kier molecular flexibility index (Phi) is 6.78. The maximum atomic E-state index is 11.2. The molecule has 0 atom stereocenters. The van der Waals surface area contributed by atoms with Crippen LogP contribution in [0.3, 0.4) is 0 Å². The summed E-state index contributed by atoms with van der Waals surface area (Å²) in [5, 5.41) is 27.1. The highest BCUT2D eigenvalue weighted by molar-refractivity contribution is 7.99. The molecule has 0 unspecified atom stereocenters. The number of halogens is 2. The number of hydrazone groups is 1. The molecule has 0 heterocycles. The zero-order valence-electron chi connectivity index (χ0n) is 13.3. The van der Waals surface area contributed by atoms with Crippen molar-refractivity contribution in [3.05, 3.63) is 72.2 Å². The van der Waals surface area contributed by atoms with Crippen molar-refractivity contribution >= 4 is 57.7 Å². The molecule has 0 aromatic heterocycles. The molecule has 0 saturated heterocycles. The number of benzene rings is 2. The standard InChI is InChI=1S/C15H12Cl2N4O4S/c1-26-8-14(11-4-2-9(16)6-12(11)17)19-18-13-5-3-10(20(22)23)7-15(13)21(24)25/h2-7,18H,8H2,1H3. The van der Waals surface area contributed by atoms with E-state index in [4.69, 9.17) is 23.2 Å². The fourth-order valence-corrected chi connectivity index (χ4v) is 3.05. The molecular weight excluding hydrogens is 403 g/mol. The van der Waals surface area contributed by atoms with E-state index in [0.29, 0.717) is 27.1 Å². The summed E-state index contributed by atoms with van der Waals surface area (Å²) >= 11 is 13.6. The van der Waals surface area contributed by atoms with Gasteiger partial charge in [0.25, 0.3) is 5.69 Å². The number of nitrogens with zero attached hydrogens (tertiary/aromatic N) is 3. The molecule has 0 radical (unpaired) electrons. The molecule has 0 fully saturated rings. The van der Waals surface area contributed by atoms with Gasteiger partial charge in [0.15, 0.2) is 0 Å². The first-order valence-electron chi connectivity index (χ1n) is 7.03. The van der Waals surface area contributed by atoms with Crippen LogP contribution in [0.25, 0.3) is 0 Å². The Hall–Kier alpha value is -2.36. The maximum Gasteiger partial charge on any atom is 0.301 e. The van der Waals surface area contributed by atoms with E-state index >= 15 is 0 Å². The lowest BCUT2D eigenvalue weighted by atomic mass is 10.1. The average Bonchev–Trinajstić information content (AvgIpc) is 2.58. The van der Waals surface area contributed by atoms with Crippen LogP contribution < -0.4 is 5.43 Å². The van der Waals surface area contributed by atoms with Gasteiger partial charge >= 0.3 is 5.69 Å². The molecule has 136 valence electrons. The molecule has 1 N–H and O–H groups in total. The molecule has 0 aliphatic rings. The Balaban J connectivity index is 2.41. The van der Waals surface area contributed by atoms with Crippen molar-refractivity contribution in [1.29, 1.82) is 0 Å². The first-order valence-corrected chi connectivity index (χ1v) is 9.18. The van der Waals surface area contributed by atoms with Crippen LogP contribution in [0, 0.1) is 20.2 Å². The third-order valence-electron chi connectivity index (χ3n) is 3.22. The largest absolute Gasteiger partial charge is 0.301 e. The summed E-state index contributed by atoms with van der Waals surface area (Å²) in [6, 6.07) is 8.21. The Bertz CT molecular complexity index is 892. The molecule has 2 rings (SSSR count). The fourth-order valence-electron chi connectivity index (χ4n) is 2.04. The van der Waals surface area contributed by atoms with E-state index in [-0.39, 0.29) is 11.4 Å². The molecule has 26 heavy (non-hydrogen) atoms. The zero-order chi connectivity index (χ0) is 19.3. The predicted molar refractivity (Wildman–Crippen MR) is 105 cm³/mol. The highest BCUT2D eigenvalue weighted by Gasteiger charge is 2.19. The van der Waals surface area contributed by atoms with E-state index < -0.39 is 15.5 Å². The molecular formula is C15H12Cl2N4O4S. The van der Waals surface area contributed by atoms with E-state index in [9.17, 15) is 20.2 Å². The lowest BCUT2D eigenvalue weighted by molar-refractivity contribution is -0.393. The van der Waals surface area contributed by atoms with Gasteiger partial charge in [0, 0.05) is 22.4 Å². The minimum atomic E-state index is -0.714. The summed E-state index contributed by atoms with van der Waals surface area (Å²) < 4.78 is 0. The normalized spacial score (nSPS) is 11.3. The number of nitrogens with one attached hydrogen (secondary N) is 1. The number of nitro groups is 2. The van der Waals surface area contributed by atoms with Gasteiger partial charge in [-0.25, -0.2) is 0 Å². The van der Waals surface area contributed by atoms with Crippen LogP contribution >= 0.6 is 35.0 Å². The van der Waals surface area contributed by atoms with Gasteiger partial charge in [0.05, 0.1) is 26.6 Å². The number of non-ortho nitro benzene ring substituents is 1. The van der Waals surface area contributed by atoms with Crippen molar-refractivity contribution < 1.29 is 9.85 Å². The number of anilines is 1. The first kappa shape index (κ1) is 20.0. The lowest BCUT2D eigenvalue weighted by Crippen LogP contribution is -2.09. The summed E-state index contributed by atoms with van der Waals surface area (Å²) in [7, 11) is 0. The van der Waals surface area contributed by atoms with Gasteiger partial charge in [-0.1, -0.05) is 29.3 Å². The van der Waals surface area contributed by atoms with Crippen molar-refractivity contribution in [3.8, 4) is 0 Å². The molecule has 8 nitrogen and oxygen atoms in total. The van der Waals surface area contributed by atoms with Crippen molar-refractivity contribution in [2.24, 2.45) is 5.10 Å². The van der Waals surface area contributed by atoms with E-state index in [1.807, 2.05) is 6.26 Å². The summed E-state index contributed by atoms with van der Waals surface area (Å²) in [5.41, 5.74) is 2.98. The lowest BCUT2D eigenvalue weighted by Gasteiger charge is -2.09. The summed E-state index contributed by atoms with van der Waals surface area (Å²) in [5.74, 6) is 0.481. The number of hydrogen-bond acceptors (Lipinski definition) is 7. The second-order valence-corrected chi connectivity index (χ2v) is 6.65. The van der Waals surface area contributed by atoms with Gasteiger partial charge in [-0.15, -0.1) is 0 Å². The Labute approximate surface area is 162 Å². The topological polar surface area (TPSA) is 111 Å². The van der Waals surface area contributed by atoms with Crippen molar-refractivity contribution in [3.63, 3.8) is 0 Å². The third kappa shape index (κ3) is 4.84. The Morgan fingerprint density at radius 3 is 2.46 bits per heavy atom. The molecule has 0 bridgehead atoms. The minimum absolute atomic E-state index is 0.0317. The number of thioether (sulfide) groups is 1. The highest BCUT2D eigenvalue weighted by Crippen LogP contribution is 2.29. The van der Waals surface area contributed by atoms with Gasteiger partial charge in [0.2, 0.25) is 0 Å². The molecule has 2 aromatic carbocycles. The van der Waals surface area contributed by atoms with Crippen molar-refractivity contribution in [2.75, 3.05) is 17.4 Å². The molecule has 0 spiro atoms. The second-order valence-electron chi connectivity index (χ2n) is 4.94. The number of rotatable bonds is 7.